The predicted molar refractivity (Wildman–Crippen MR) is 115 cm³/mol. The first-order valence-corrected chi connectivity index (χ1v) is 10.9. The molecule has 0 saturated heterocycles. The third kappa shape index (κ3) is 4.43. The lowest BCUT2D eigenvalue weighted by Crippen LogP contribution is -2.18. The topological polar surface area (TPSA) is 63.6 Å². The number of benzene rings is 2. The van der Waals surface area contributed by atoms with Crippen LogP contribution < -0.4 is 5.69 Å². The van der Waals surface area contributed by atoms with Gasteiger partial charge in [0, 0.05) is 23.2 Å². The summed E-state index contributed by atoms with van der Waals surface area (Å²) in [7, 11) is 0. The quantitative estimate of drug-likeness (QED) is 0.456. The smallest absolute Gasteiger partial charge is 0.270 e. The number of H-pyrrole nitrogens is 1. The number of hydrogen-bond donors (Lipinski definition) is 1. The predicted octanol–water partition coefficient (Wildman–Crippen LogP) is 4.54. The van der Waals surface area contributed by atoms with Crippen LogP contribution in [0.25, 0.3) is 10.6 Å². The summed E-state index contributed by atoms with van der Waals surface area (Å²) in [5.41, 5.74) is 4.40. The molecule has 0 radical (unpaired) electrons. The Hall–Kier alpha value is -2.64. The summed E-state index contributed by atoms with van der Waals surface area (Å²) in [5.74, 6) is 0.679. The molecule has 0 aliphatic carbocycles. The molecule has 2 aromatic carbocycles. The minimum atomic E-state index is -0.169. The van der Waals surface area contributed by atoms with Gasteiger partial charge in [-0.05, 0) is 18.9 Å². The average Bonchev–Trinajstić information content (AvgIpc) is 3.33. The van der Waals surface area contributed by atoms with Crippen LogP contribution in [0.15, 0.2) is 69.9 Å². The molecule has 0 aliphatic rings. The van der Waals surface area contributed by atoms with Gasteiger partial charge in [-0.15, -0.1) is 16.4 Å². The summed E-state index contributed by atoms with van der Waals surface area (Å²) >= 11 is 3.17. The Bertz CT molecular complexity index is 1100. The van der Waals surface area contributed by atoms with Gasteiger partial charge in [-0.3, -0.25) is 4.57 Å². The zero-order valence-corrected chi connectivity index (χ0v) is 17.1. The van der Waals surface area contributed by atoms with Crippen molar-refractivity contribution in [3.8, 4) is 10.6 Å². The van der Waals surface area contributed by atoms with Gasteiger partial charge in [-0.1, -0.05) is 71.9 Å². The molecule has 5 nitrogen and oxygen atoms in total. The molecule has 0 aliphatic heterocycles. The van der Waals surface area contributed by atoms with Gasteiger partial charge in [-0.2, -0.15) is 0 Å². The summed E-state index contributed by atoms with van der Waals surface area (Å²) in [4.78, 5) is 16.8. The molecule has 0 saturated carbocycles. The lowest BCUT2D eigenvalue weighted by Gasteiger charge is -2.05. The summed E-state index contributed by atoms with van der Waals surface area (Å²) in [5, 5.41) is 10.5. The third-order valence-electron chi connectivity index (χ3n) is 4.39. The number of aryl methyl sites for hydroxylation is 2. The van der Waals surface area contributed by atoms with E-state index in [9.17, 15) is 4.79 Å². The Kier molecular flexibility index (Phi) is 5.73. The highest BCUT2D eigenvalue weighted by molar-refractivity contribution is 7.98. The van der Waals surface area contributed by atoms with E-state index in [1.54, 1.807) is 15.9 Å². The number of thioether (sulfide) groups is 1. The average molecular weight is 409 g/mol. The van der Waals surface area contributed by atoms with E-state index in [2.05, 4.69) is 58.9 Å². The molecular formula is C21H20N4OS2. The number of nitrogens with one attached hydrogen (secondary N) is 1. The number of hydrogen-bond acceptors (Lipinski definition) is 5. The van der Waals surface area contributed by atoms with E-state index in [1.165, 1.54) is 22.9 Å². The molecular weight excluding hydrogens is 388 g/mol. The number of nitrogens with zero attached hydrogens (tertiary/aromatic N) is 3. The third-order valence-corrected chi connectivity index (χ3v) is 6.34. The van der Waals surface area contributed by atoms with Gasteiger partial charge in [0.25, 0.3) is 0 Å². The zero-order chi connectivity index (χ0) is 19.3. The highest BCUT2D eigenvalue weighted by Gasteiger charge is 2.11. The minimum Gasteiger partial charge on any atom is -0.270 e. The fourth-order valence-corrected chi connectivity index (χ4v) is 4.63. The van der Waals surface area contributed by atoms with Crippen molar-refractivity contribution in [1.82, 2.24) is 19.7 Å². The number of aromatic amines is 1. The maximum absolute atomic E-state index is 12.1. The van der Waals surface area contributed by atoms with Crippen molar-refractivity contribution in [2.24, 2.45) is 0 Å². The van der Waals surface area contributed by atoms with Crippen LogP contribution in [0, 0.1) is 6.92 Å². The molecule has 28 heavy (non-hydrogen) atoms. The van der Waals surface area contributed by atoms with Crippen LogP contribution in [0.1, 0.15) is 16.8 Å². The summed E-state index contributed by atoms with van der Waals surface area (Å²) in [6, 6.07) is 18.5. The maximum Gasteiger partial charge on any atom is 0.343 e. The van der Waals surface area contributed by atoms with Gasteiger partial charge in [0.15, 0.2) is 5.16 Å². The Balaban J connectivity index is 1.41. The molecule has 0 unspecified atom stereocenters. The molecule has 4 rings (SSSR count). The van der Waals surface area contributed by atoms with Crippen molar-refractivity contribution in [1.29, 1.82) is 0 Å². The minimum absolute atomic E-state index is 0.169. The van der Waals surface area contributed by atoms with E-state index >= 15 is 0 Å². The molecule has 2 aromatic heterocycles. The monoisotopic (exact) mass is 408 g/mol. The van der Waals surface area contributed by atoms with Crippen LogP contribution in [-0.2, 0) is 18.7 Å². The zero-order valence-electron chi connectivity index (χ0n) is 15.5. The highest BCUT2D eigenvalue weighted by atomic mass is 32.2. The van der Waals surface area contributed by atoms with Crippen LogP contribution in [0.2, 0.25) is 0 Å². The van der Waals surface area contributed by atoms with Gasteiger partial charge in [-0.25, -0.2) is 14.9 Å². The molecule has 142 valence electrons. The van der Waals surface area contributed by atoms with Gasteiger partial charge < -0.3 is 0 Å². The standard InChI is InChI=1S/C21H20N4OS2/c1-15-7-9-17(10-8-15)19-22-18(13-27-19)14-28-21-24-23-20(26)25(21)12-11-16-5-3-2-4-6-16/h2-10,13H,11-12,14H2,1H3,(H,23,26). The van der Waals surface area contributed by atoms with Gasteiger partial charge in [0.1, 0.15) is 5.01 Å². The number of aromatic nitrogens is 4. The Morgan fingerprint density at radius 2 is 1.89 bits per heavy atom. The van der Waals surface area contributed by atoms with Crippen molar-refractivity contribution in [2.75, 3.05) is 0 Å². The summed E-state index contributed by atoms with van der Waals surface area (Å²) < 4.78 is 1.70. The van der Waals surface area contributed by atoms with Crippen molar-refractivity contribution >= 4 is 23.1 Å². The molecule has 0 atom stereocenters. The molecule has 0 fully saturated rings. The number of rotatable bonds is 7. The molecule has 0 amide bonds. The SMILES string of the molecule is Cc1ccc(-c2nc(CSc3n[nH]c(=O)n3CCc3ccccc3)cs2)cc1. The maximum atomic E-state index is 12.1. The molecule has 4 aromatic rings. The summed E-state index contributed by atoms with van der Waals surface area (Å²) in [6.45, 7) is 2.68. The van der Waals surface area contributed by atoms with Crippen molar-refractivity contribution in [3.63, 3.8) is 0 Å². The Morgan fingerprint density at radius 1 is 1.11 bits per heavy atom. The summed E-state index contributed by atoms with van der Waals surface area (Å²) in [6.07, 6.45) is 0.794. The normalized spacial score (nSPS) is 11.0. The molecule has 0 spiro atoms. The van der Waals surface area contributed by atoms with E-state index < -0.39 is 0 Å². The first-order chi connectivity index (χ1) is 13.7. The van der Waals surface area contributed by atoms with Crippen LogP contribution in [0.5, 0.6) is 0 Å². The van der Waals surface area contributed by atoms with Crippen LogP contribution in [0.3, 0.4) is 0 Å². The van der Waals surface area contributed by atoms with Crippen LogP contribution >= 0.6 is 23.1 Å². The van der Waals surface area contributed by atoms with Crippen molar-refractivity contribution < 1.29 is 0 Å². The Labute approximate surface area is 171 Å². The molecule has 1 N–H and O–H groups in total. The van der Waals surface area contributed by atoms with E-state index in [0.717, 1.165) is 22.7 Å². The van der Waals surface area contributed by atoms with Gasteiger partial charge in [0.2, 0.25) is 0 Å². The molecule has 7 heteroatoms. The molecule has 2 heterocycles. The lowest BCUT2D eigenvalue weighted by atomic mass is 10.1. The number of thiazole rings is 1. The van der Waals surface area contributed by atoms with Gasteiger partial charge in [0.05, 0.1) is 5.69 Å². The van der Waals surface area contributed by atoms with Gasteiger partial charge >= 0.3 is 5.69 Å². The first kappa shape index (κ1) is 18.7. The highest BCUT2D eigenvalue weighted by Crippen LogP contribution is 2.27. The second kappa shape index (κ2) is 8.58. The Morgan fingerprint density at radius 3 is 2.68 bits per heavy atom. The second-order valence-electron chi connectivity index (χ2n) is 6.50. The van der Waals surface area contributed by atoms with Crippen LogP contribution in [-0.4, -0.2) is 19.7 Å². The molecule has 0 bridgehead atoms. The fourth-order valence-electron chi connectivity index (χ4n) is 2.84. The van der Waals surface area contributed by atoms with E-state index in [1.807, 2.05) is 18.2 Å². The largest absolute Gasteiger partial charge is 0.343 e. The van der Waals surface area contributed by atoms with Crippen LogP contribution in [0.4, 0.5) is 0 Å². The van der Waals surface area contributed by atoms with Crippen molar-refractivity contribution in [2.45, 2.75) is 30.8 Å². The van der Waals surface area contributed by atoms with E-state index in [0.29, 0.717) is 17.5 Å². The lowest BCUT2D eigenvalue weighted by molar-refractivity contribution is 0.616. The first-order valence-electron chi connectivity index (χ1n) is 9.02. The van der Waals surface area contributed by atoms with E-state index in [4.69, 9.17) is 4.98 Å². The van der Waals surface area contributed by atoms with E-state index in [-0.39, 0.29) is 5.69 Å². The second-order valence-corrected chi connectivity index (χ2v) is 8.30. The fraction of sp³-hybridized carbons (Fsp3) is 0.190. The van der Waals surface area contributed by atoms with Crippen molar-refractivity contribution in [3.05, 3.63) is 87.3 Å².